The second-order valence-corrected chi connectivity index (χ2v) is 5.72. The number of hydrogen-bond donors (Lipinski definition) is 1. The molecule has 23 heavy (non-hydrogen) atoms. The van der Waals surface area contributed by atoms with Crippen LogP contribution in [0.3, 0.4) is 0 Å². The lowest BCUT2D eigenvalue weighted by atomic mass is 10.1. The summed E-state index contributed by atoms with van der Waals surface area (Å²) in [6.45, 7) is 2.99. The molecule has 0 aliphatic rings. The van der Waals surface area contributed by atoms with Crippen molar-refractivity contribution < 1.29 is 14.3 Å². The predicted molar refractivity (Wildman–Crippen MR) is 94.0 cm³/mol. The lowest BCUT2D eigenvalue weighted by Gasteiger charge is -2.07. The molecule has 1 amide bonds. The van der Waals surface area contributed by atoms with Crippen LogP contribution in [0.2, 0.25) is 0 Å². The maximum absolute atomic E-state index is 11.7. The van der Waals surface area contributed by atoms with E-state index in [0.717, 1.165) is 30.9 Å². The normalized spacial score (nSPS) is 10.7. The number of ether oxygens (including phenoxy) is 2. The highest BCUT2D eigenvalue weighted by Gasteiger charge is 2.01. The van der Waals surface area contributed by atoms with Gasteiger partial charge in [-0.3, -0.25) is 4.79 Å². The summed E-state index contributed by atoms with van der Waals surface area (Å²) in [6.07, 6.45) is 4.91. The van der Waals surface area contributed by atoms with Crippen molar-refractivity contribution in [2.45, 2.75) is 32.1 Å². The van der Waals surface area contributed by atoms with Crippen molar-refractivity contribution in [2.24, 2.45) is 0 Å². The Kier molecular flexibility index (Phi) is 12.6. The minimum atomic E-state index is 0.0213. The first-order valence-electron chi connectivity index (χ1n) is 8.35. The average molecular weight is 342 g/mol. The van der Waals surface area contributed by atoms with Gasteiger partial charge in [0.15, 0.2) is 0 Å². The van der Waals surface area contributed by atoms with Crippen LogP contribution in [0.25, 0.3) is 0 Å². The van der Waals surface area contributed by atoms with E-state index in [-0.39, 0.29) is 5.91 Å². The first kappa shape index (κ1) is 19.9. The molecule has 1 rings (SSSR count). The second-order valence-electron chi connectivity index (χ2n) is 5.34. The third-order valence-electron chi connectivity index (χ3n) is 3.32. The molecule has 130 valence electrons. The average Bonchev–Trinajstić information content (AvgIpc) is 2.57. The Morgan fingerprint density at radius 3 is 2.35 bits per heavy atom. The maximum Gasteiger partial charge on any atom is 0.224 e. The van der Waals surface area contributed by atoms with Gasteiger partial charge in [0.25, 0.3) is 0 Å². The number of benzene rings is 1. The highest BCUT2D eigenvalue weighted by molar-refractivity contribution is 6.17. The topological polar surface area (TPSA) is 47.6 Å². The summed E-state index contributed by atoms with van der Waals surface area (Å²) in [5.74, 6) is 0.768. The van der Waals surface area contributed by atoms with Crippen molar-refractivity contribution in [3.05, 3.63) is 35.9 Å². The molecule has 0 radical (unpaired) electrons. The van der Waals surface area contributed by atoms with Gasteiger partial charge in [-0.2, -0.15) is 0 Å². The number of alkyl halides is 1. The molecule has 1 aromatic rings. The zero-order chi connectivity index (χ0) is 16.6. The van der Waals surface area contributed by atoms with Crippen LogP contribution in [-0.2, 0) is 20.7 Å². The van der Waals surface area contributed by atoms with Crippen molar-refractivity contribution in [1.29, 1.82) is 0 Å². The first-order valence-corrected chi connectivity index (χ1v) is 8.88. The minimum Gasteiger partial charge on any atom is -0.379 e. The molecule has 1 aromatic carbocycles. The Bertz CT molecular complexity index is 401. The van der Waals surface area contributed by atoms with Crippen LogP contribution in [-0.4, -0.2) is 44.8 Å². The molecule has 0 unspecified atom stereocenters. The highest BCUT2D eigenvalue weighted by Crippen LogP contribution is 2.01. The van der Waals surface area contributed by atoms with Crippen molar-refractivity contribution in [2.75, 3.05) is 38.9 Å². The van der Waals surface area contributed by atoms with E-state index in [9.17, 15) is 4.79 Å². The highest BCUT2D eigenvalue weighted by atomic mass is 35.5. The van der Waals surface area contributed by atoms with Gasteiger partial charge in [0.1, 0.15) is 0 Å². The van der Waals surface area contributed by atoms with Gasteiger partial charge in [-0.1, -0.05) is 43.2 Å². The standard InChI is InChI=1S/C18H28ClNO3/c19-10-6-1-2-7-12-22-14-15-23-13-11-20-18(21)16-17-8-4-3-5-9-17/h3-5,8-9H,1-2,6-7,10-16H2,(H,20,21). The van der Waals surface area contributed by atoms with Crippen molar-refractivity contribution in [3.63, 3.8) is 0 Å². The van der Waals surface area contributed by atoms with E-state index in [4.69, 9.17) is 21.1 Å². The van der Waals surface area contributed by atoms with E-state index in [1.807, 2.05) is 30.3 Å². The van der Waals surface area contributed by atoms with Crippen LogP contribution in [0, 0.1) is 0 Å². The van der Waals surface area contributed by atoms with Crippen molar-refractivity contribution in [3.8, 4) is 0 Å². The number of amides is 1. The summed E-state index contributed by atoms with van der Waals surface area (Å²) < 4.78 is 10.9. The van der Waals surface area contributed by atoms with Gasteiger partial charge in [-0.25, -0.2) is 0 Å². The van der Waals surface area contributed by atoms with Gasteiger partial charge in [-0.05, 0) is 18.4 Å². The van der Waals surface area contributed by atoms with Crippen LogP contribution in [0.4, 0.5) is 0 Å². The molecule has 0 aliphatic heterocycles. The number of carbonyl (C=O) groups excluding carboxylic acids is 1. The van der Waals surface area contributed by atoms with Gasteiger partial charge >= 0.3 is 0 Å². The lowest BCUT2D eigenvalue weighted by Crippen LogP contribution is -2.29. The monoisotopic (exact) mass is 341 g/mol. The van der Waals surface area contributed by atoms with Gasteiger partial charge in [0.05, 0.1) is 26.2 Å². The van der Waals surface area contributed by atoms with E-state index < -0.39 is 0 Å². The first-order chi connectivity index (χ1) is 11.3. The van der Waals surface area contributed by atoms with E-state index in [1.165, 1.54) is 12.8 Å². The fourth-order valence-electron chi connectivity index (χ4n) is 2.08. The third-order valence-corrected chi connectivity index (χ3v) is 3.59. The summed E-state index contributed by atoms with van der Waals surface area (Å²) in [5, 5.41) is 2.85. The molecule has 4 nitrogen and oxygen atoms in total. The third kappa shape index (κ3) is 12.0. The molecule has 5 heteroatoms. The fraction of sp³-hybridized carbons (Fsp3) is 0.611. The van der Waals surface area contributed by atoms with E-state index in [0.29, 0.717) is 32.8 Å². The molecular weight excluding hydrogens is 314 g/mol. The van der Waals surface area contributed by atoms with Crippen molar-refractivity contribution in [1.82, 2.24) is 5.32 Å². The summed E-state index contributed by atoms with van der Waals surface area (Å²) in [4.78, 5) is 11.7. The maximum atomic E-state index is 11.7. The minimum absolute atomic E-state index is 0.0213. The van der Waals surface area contributed by atoms with Gasteiger partial charge in [0.2, 0.25) is 5.91 Å². The number of hydrogen-bond acceptors (Lipinski definition) is 3. The number of unbranched alkanes of at least 4 members (excludes halogenated alkanes) is 3. The van der Waals surface area contributed by atoms with Crippen LogP contribution < -0.4 is 5.32 Å². The zero-order valence-corrected chi connectivity index (χ0v) is 14.5. The molecule has 0 fully saturated rings. The summed E-state index contributed by atoms with van der Waals surface area (Å²) >= 11 is 5.61. The van der Waals surface area contributed by atoms with Crippen LogP contribution in [0.1, 0.15) is 31.2 Å². The van der Waals surface area contributed by atoms with Gasteiger partial charge in [-0.15, -0.1) is 11.6 Å². The molecule has 0 aliphatic carbocycles. The summed E-state index contributed by atoms with van der Waals surface area (Å²) in [7, 11) is 0. The lowest BCUT2D eigenvalue weighted by molar-refractivity contribution is -0.120. The smallest absolute Gasteiger partial charge is 0.224 e. The molecule has 0 heterocycles. The Morgan fingerprint density at radius 1 is 0.913 bits per heavy atom. The molecule has 0 saturated heterocycles. The Hall–Kier alpha value is -1.10. The number of rotatable bonds is 14. The number of halogens is 1. The molecule has 1 N–H and O–H groups in total. The molecular formula is C18H28ClNO3. The summed E-state index contributed by atoms with van der Waals surface area (Å²) in [6, 6.07) is 9.71. The largest absolute Gasteiger partial charge is 0.379 e. The van der Waals surface area contributed by atoms with Crippen LogP contribution >= 0.6 is 11.6 Å². The van der Waals surface area contributed by atoms with Crippen LogP contribution in [0.5, 0.6) is 0 Å². The molecule has 0 aromatic heterocycles. The summed E-state index contributed by atoms with van der Waals surface area (Å²) in [5.41, 5.74) is 1.02. The predicted octanol–water partition coefficient (Wildman–Crippen LogP) is 3.18. The van der Waals surface area contributed by atoms with E-state index in [1.54, 1.807) is 0 Å². The van der Waals surface area contributed by atoms with Gasteiger partial charge < -0.3 is 14.8 Å². The Labute approximate surface area is 144 Å². The van der Waals surface area contributed by atoms with Crippen molar-refractivity contribution >= 4 is 17.5 Å². The van der Waals surface area contributed by atoms with E-state index in [2.05, 4.69) is 5.32 Å². The molecule has 0 spiro atoms. The molecule has 0 saturated carbocycles. The zero-order valence-electron chi connectivity index (χ0n) is 13.8. The molecule has 0 atom stereocenters. The molecule has 0 bridgehead atoms. The Balaban J connectivity index is 1.83. The SMILES string of the molecule is O=C(Cc1ccccc1)NCCOCCOCCCCCCCl. The fourth-order valence-corrected chi connectivity index (χ4v) is 2.27. The number of carbonyl (C=O) groups is 1. The number of nitrogens with one attached hydrogen (secondary N) is 1. The quantitative estimate of drug-likeness (QED) is 0.417. The Morgan fingerprint density at radius 2 is 1.61 bits per heavy atom. The van der Waals surface area contributed by atoms with E-state index >= 15 is 0 Å². The second kappa shape index (κ2) is 14.5. The van der Waals surface area contributed by atoms with Crippen LogP contribution in [0.15, 0.2) is 30.3 Å². The van der Waals surface area contributed by atoms with Gasteiger partial charge in [0, 0.05) is 19.0 Å².